The van der Waals surface area contributed by atoms with E-state index in [2.05, 4.69) is 11.3 Å². The fourth-order valence-corrected chi connectivity index (χ4v) is 2.06. The second-order valence-corrected chi connectivity index (χ2v) is 5.09. The van der Waals surface area contributed by atoms with Crippen LogP contribution in [0.25, 0.3) is 0 Å². The molecule has 0 aromatic carbocycles. The van der Waals surface area contributed by atoms with Gasteiger partial charge in [0.05, 0.1) is 12.7 Å². The molecule has 0 radical (unpaired) electrons. The molecule has 0 spiro atoms. The highest BCUT2D eigenvalue weighted by Crippen LogP contribution is 2.14. The number of nitrogens with zero attached hydrogens (tertiary/aromatic N) is 1. The van der Waals surface area contributed by atoms with E-state index in [-0.39, 0.29) is 12.8 Å². The average molecular weight is 351 g/mol. The number of aliphatic carboxylic acids is 1. The van der Waals surface area contributed by atoms with Gasteiger partial charge < -0.3 is 9.84 Å². The third-order valence-electron chi connectivity index (χ3n) is 3.23. The van der Waals surface area contributed by atoms with Crippen molar-refractivity contribution in [1.82, 2.24) is 4.90 Å². The predicted molar refractivity (Wildman–Crippen MR) is 92.3 cm³/mol. The monoisotopic (exact) mass is 351 g/mol. The van der Waals surface area contributed by atoms with Gasteiger partial charge in [-0.3, -0.25) is 19.3 Å². The summed E-state index contributed by atoms with van der Waals surface area (Å²) in [5.41, 5.74) is 0. The summed E-state index contributed by atoms with van der Waals surface area (Å²) in [7, 11) is 0. The number of carbonyl (C=O) groups excluding carboxylic acids is 3. The van der Waals surface area contributed by atoms with Gasteiger partial charge in [0.15, 0.2) is 0 Å². The van der Waals surface area contributed by atoms with Crippen molar-refractivity contribution < 1.29 is 29.0 Å². The van der Waals surface area contributed by atoms with Crippen LogP contribution in [0, 0.1) is 0 Å². The molecule has 0 saturated heterocycles. The molecule has 0 heterocycles. The molecule has 0 aromatic rings. The van der Waals surface area contributed by atoms with Gasteiger partial charge in [-0.25, -0.2) is 4.79 Å². The smallest absolute Gasteiger partial charge is 0.327 e. The standard InChI is InChI=1S/C18H25NO6/c1-4-7-9-11-15(20)19(16(21)12-10-8-5-2)14(18(23)24)13-17(22)25-6-3/h4-8,14H,3,9-13H2,1-2H3,(H,23,24)/b7-4+,8-5+. The van der Waals surface area contributed by atoms with Crippen LogP contribution in [0.1, 0.15) is 46.0 Å². The van der Waals surface area contributed by atoms with Crippen LogP contribution in [0.15, 0.2) is 37.1 Å². The highest BCUT2D eigenvalue weighted by molar-refractivity contribution is 6.00. The SMILES string of the molecule is C=COC(=O)CC(C(=O)O)N(C(=O)CC/C=C/C)C(=O)CC/C=C/C. The summed E-state index contributed by atoms with van der Waals surface area (Å²) in [5.74, 6) is -3.60. The Balaban J connectivity index is 5.41. The number of rotatable bonds is 11. The number of carboxylic acids is 1. The molecule has 0 aliphatic heterocycles. The molecule has 1 atom stereocenters. The molecule has 0 saturated carbocycles. The maximum atomic E-state index is 12.4. The Labute approximate surface area is 147 Å². The zero-order valence-electron chi connectivity index (χ0n) is 14.6. The number of ether oxygens (including phenoxy) is 1. The fraction of sp³-hybridized carbons (Fsp3) is 0.444. The van der Waals surface area contributed by atoms with Crippen molar-refractivity contribution in [3.05, 3.63) is 37.1 Å². The van der Waals surface area contributed by atoms with E-state index < -0.39 is 36.2 Å². The molecule has 0 aromatic heterocycles. The maximum absolute atomic E-state index is 12.4. The van der Waals surface area contributed by atoms with Crippen LogP contribution in [-0.2, 0) is 23.9 Å². The topological polar surface area (TPSA) is 101 Å². The van der Waals surface area contributed by atoms with Crippen molar-refractivity contribution >= 4 is 23.8 Å². The van der Waals surface area contributed by atoms with Gasteiger partial charge in [-0.15, -0.1) is 0 Å². The Hall–Kier alpha value is -2.70. The number of carboxylic acid groups (broad SMARTS) is 1. The molecule has 1 N–H and O–H groups in total. The molecule has 0 fully saturated rings. The van der Waals surface area contributed by atoms with E-state index in [1.807, 2.05) is 0 Å². The number of hydrogen-bond donors (Lipinski definition) is 1. The Morgan fingerprint density at radius 1 is 1.04 bits per heavy atom. The van der Waals surface area contributed by atoms with Crippen LogP contribution in [0.5, 0.6) is 0 Å². The van der Waals surface area contributed by atoms with E-state index in [4.69, 9.17) is 0 Å². The van der Waals surface area contributed by atoms with Crippen molar-refractivity contribution in [3.8, 4) is 0 Å². The summed E-state index contributed by atoms with van der Waals surface area (Å²) >= 11 is 0. The lowest BCUT2D eigenvalue weighted by atomic mass is 10.1. The third-order valence-corrected chi connectivity index (χ3v) is 3.23. The van der Waals surface area contributed by atoms with Gasteiger partial charge in [-0.2, -0.15) is 0 Å². The molecular weight excluding hydrogens is 326 g/mol. The quantitative estimate of drug-likeness (QED) is 0.349. The second-order valence-electron chi connectivity index (χ2n) is 5.09. The molecule has 2 amide bonds. The molecule has 7 heteroatoms. The number of hydrogen-bond acceptors (Lipinski definition) is 5. The van der Waals surface area contributed by atoms with Gasteiger partial charge in [0, 0.05) is 12.8 Å². The summed E-state index contributed by atoms with van der Waals surface area (Å²) in [6, 6.07) is -1.61. The van der Waals surface area contributed by atoms with Gasteiger partial charge in [-0.05, 0) is 26.7 Å². The normalized spacial score (nSPS) is 12.1. The Bertz CT molecular complexity index is 522. The summed E-state index contributed by atoms with van der Waals surface area (Å²) < 4.78 is 4.52. The number of esters is 1. The highest BCUT2D eigenvalue weighted by Gasteiger charge is 2.35. The van der Waals surface area contributed by atoms with E-state index in [9.17, 15) is 24.3 Å². The zero-order chi connectivity index (χ0) is 19.2. The predicted octanol–water partition coefficient (Wildman–Crippen LogP) is 2.58. The van der Waals surface area contributed by atoms with Crippen molar-refractivity contribution in [2.75, 3.05) is 0 Å². The summed E-state index contributed by atoms with van der Waals surface area (Å²) in [6.07, 6.45) is 7.90. The van der Waals surface area contributed by atoms with Crippen molar-refractivity contribution in [2.24, 2.45) is 0 Å². The average Bonchev–Trinajstić information content (AvgIpc) is 2.54. The van der Waals surface area contributed by atoms with Crippen molar-refractivity contribution in [1.29, 1.82) is 0 Å². The first-order chi connectivity index (χ1) is 11.9. The third kappa shape index (κ3) is 8.64. The largest absolute Gasteiger partial charge is 0.480 e. The molecular formula is C18H25NO6. The Morgan fingerprint density at radius 2 is 1.52 bits per heavy atom. The number of carbonyl (C=O) groups is 4. The second kappa shape index (κ2) is 12.7. The van der Waals surface area contributed by atoms with E-state index in [1.54, 1.807) is 38.2 Å². The number of amides is 2. The molecule has 25 heavy (non-hydrogen) atoms. The summed E-state index contributed by atoms with van der Waals surface area (Å²) in [5, 5.41) is 9.39. The molecule has 0 bridgehead atoms. The van der Waals surface area contributed by atoms with E-state index in [0.717, 1.165) is 6.26 Å². The molecule has 138 valence electrons. The van der Waals surface area contributed by atoms with Gasteiger partial charge in [0.1, 0.15) is 6.04 Å². The minimum atomic E-state index is -1.61. The van der Waals surface area contributed by atoms with Crippen molar-refractivity contribution in [2.45, 2.75) is 52.0 Å². The molecule has 0 aliphatic carbocycles. The number of allylic oxidation sites excluding steroid dienone is 4. The lowest BCUT2D eigenvalue weighted by molar-refractivity contribution is -0.160. The van der Waals surface area contributed by atoms with E-state index >= 15 is 0 Å². The van der Waals surface area contributed by atoms with Crippen LogP contribution in [0.3, 0.4) is 0 Å². The lowest BCUT2D eigenvalue weighted by Crippen LogP contribution is -2.49. The Kier molecular flexibility index (Phi) is 11.3. The van der Waals surface area contributed by atoms with E-state index in [0.29, 0.717) is 17.7 Å². The summed E-state index contributed by atoms with van der Waals surface area (Å²) in [6.45, 7) is 6.79. The first-order valence-corrected chi connectivity index (χ1v) is 7.99. The zero-order valence-corrected chi connectivity index (χ0v) is 14.6. The lowest BCUT2D eigenvalue weighted by Gasteiger charge is -2.26. The Morgan fingerprint density at radius 3 is 1.88 bits per heavy atom. The van der Waals surface area contributed by atoms with Gasteiger partial charge in [0.25, 0.3) is 0 Å². The minimum absolute atomic E-state index is 0.0278. The first kappa shape index (κ1) is 22.3. The van der Waals surface area contributed by atoms with Crippen molar-refractivity contribution in [3.63, 3.8) is 0 Å². The fourth-order valence-electron chi connectivity index (χ4n) is 2.06. The highest BCUT2D eigenvalue weighted by atomic mass is 16.5. The molecule has 7 nitrogen and oxygen atoms in total. The van der Waals surface area contributed by atoms with Gasteiger partial charge in [0.2, 0.25) is 11.8 Å². The minimum Gasteiger partial charge on any atom is -0.480 e. The van der Waals surface area contributed by atoms with E-state index in [1.165, 1.54) is 0 Å². The van der Waals surface area contributed by atoms with Gasteiger partial charge in [-0.1, -0.05) is 30.9 Å². The van der Waals surface area contributed by atoms with Crippen LogP contribution in [-0.4, -0.2) is 39.8 Å². The van der Waals surface area contributed by atoms with Gasteiger partial charge >= 0.3 is 11.9 Å². The summed E-state index contributed by atoms with van der Waals surface area (Å²) in [4.78, 5) is 48.6. The maximum Gasteiger partial charge on any atom is 0.327 e. The van der Waals surface area contributed by atoms with Crippen LogP contribution >= 0.6 is 0 Å². The van der Waals surface area contributed by atoms with Crippen LogP contribution < -0.4 is 0 Å². The van der Waals surface area contributed by atoms with Crippen LogP contribution in [0.2, 0.25) is 0 Å². The molecule has 0 aliphatic rings. The first-order valence-electron chi connectivity index (χ1n) is 7.99. The molecule has 1 unspecified atom stereocenters. The van der Waals surface area contributed by atoms with Crippen LogP contribution in [0.4, 0.5) is 0 Å². The molecule has 0 rings (SSSR count). The number of imide groups is 1.